The molecule has 3 heteroatoms. The Hall–Kier alpha value is -2.81. The highest BCUT2D eigenvalue weighted by atomic mass is 16.5. The highest BCUT2D eigenvalue weighted by Crippen LogP contribution is 2.48. The average Bonchev–Trinajstić information content (AvgIpc) is 3.48. The third-order valence-electron chi connectivity index (χ3n) is 5.08. The van der Waals surface area contributed by atoms with Crippen LogP contribution in [0.25, 0.3) is 10.8 Å². The Morgan fingerprint density at radius 3 is 2.44 bits per heavy atom. The summed E-state index contributed by atoms with van der Waals surface area (Å²) in [5, 5.41) is 5.41. The van der Waals surface area contributed by atoms with Gasteiger partial charge >= 0.3 is 0 Å². The zero-order valence-corrected chi connectivity index (χ0v) is 14.3. The first-order valence-electron chi connectivity index (χ1n) is 8.62. The average molecular weight is 331 g/mol. The summed E-state index contributed by atoms with van der Waals surface area (Å²) in [7, 11) is 1.67. The lowest BCUT2D eigenvalue weighted by Gasteiger charge is -2.16. The van der Waals surface area contributed by atoms with Gasteiger partial charge in [0.25, 0.3) is 0 Å². The van der Waals surface area contributed by atoms with Gasteiger partial charge in [0.1, 0.15) is 5.75 Å². The molecule has 0 unspecified atom stereocenters. The molecular formula is C22H21NO2. The summed E-state index contributed by atoms with van der Waals surface area (Å²) in [5.41, 5.74) is 1.92. The SMILES string of the molecule is COc1ccc2cc(CNC(=O)C3(c4ccccc4)CC3)ccc2c1. The third-order valence-corrected chi connectivity index (χ3v) is 5.08. The molecule has 0 aliphatic heterocycles. The molecule has 0 aromatic heterocycles. The molecular weight excluding hydrogens is 310 g/mol. The predicted molar refractivity (Wildman–Crippen MR) is 99.7 cm³/mol. The number of amides is 1. The molecule has 0 heterocycles. The van der Waals surface area contributed by atoms with Crippen molar-refractivity contribution in [1.82, 2.24) is 5.32 Å². The lowest BCUT2D eigenvalue weighted by Crippen LogP contribution is -2.34. The van der Waals surface area contributed by atoms with Crippen molar-refractivity contribution in [3.8, 4) is 5.75 Å². The summed E-state index contributed by atoms with van der Waals surface area (Å²) in [6, 6.07) is 22.4. The van der Waals surface area contributed by atoms with Crippen molar-refractivity contribution in [3.05, 3.63) is 77.9 Å². The fourth-order valence-corrected chi connectivity index (χ4v) is 3.39. The minimum absolute atomic E-state index is 0.133. The van der Waals surface area contributed by atoms with Crippen LogP contribution in [-0.4, -0.2) is 13.0 Å². The molecule has 0 saturated heterocycles. The molecule has 1 saturated carbocycles. The summed E-state index contributed by atoms with van der Waals surface area (Å²) < 4.78 is 5.26. The minimum Gasteiger partial charge on any atom is -0.497 e. The van der Waals surface area contributed by atoms with Gasteiger partial charge in [-0.05, 0) is 52.9 Å². The predicted octanol–water partition coefficient (Wildman–Crippen LogP) is 4.20. The lowest BCUT2D eigenvalue weighted by molar-refractivity contribution is -0.123. The van der Waals surface area contributed by atoms with E-state index in [1.54, 1.807) is 7.11 Å². The van der Waals surface area contributed by atoms with Crippen LogP contribution in [0.15, 0.2) is 66.7 Å². The number of rotatable bonds is 5. The number of benzene rings is 3. The van der Waals surface area contributed by atoms with Crippen molar-refractivity contribution in [2.75, 3.05) is 7.11 Å². The molecule has 0 bridgehead atoms. The normalized spacial score (nSPS) is 14.9. The van der Waals surface area contributed by atoms with Crippen LogP contribution in [0.3, 0.4) is 0 Å². The number of carbonyl (C=O) groups excluding carboxylic acids is 1. The molecule has 0 radical (unpaired) electrons. The summed E-state index contributed by atoms with van der Waals surface area (Å²) in [5.74, 6) is 0.987. The topological polar surface area (TPSA) is 38.3 Å². The van der Waals surface area contributed by atoms with Gasteiger partial charge in [-0.3, -0.25) is 4.79 Å². The zero-order valence-electron chi connectivity index (χ0n) is 14.3. The summed E-state index contributed by atoms with van der Waals surface area (Å²) >= 11 is 0. The fraction of sp³-hybridized carbons (Fsp3) is 0.227. The van der Waals surface area contributed by atoms with Crippen molar-refractivity contribution >= 4 is 16.7 Å². The van der Waals surface area contributed by atoms with Gasteiger partial charge in [0.05, 0.1) is 12.5 Å². The van der Waals surface area contributed by atoms with E-state index in [9.17, 15) is 4.79 Å². The molecule has 1 aliphatic carbocycles. The van der Waals surface area contributed by atoms with Crippen LogP contribution >= 0.6 is 0 Å². The van der Waals surface area contributed by atoms with E-state index < -0.39 is 0 Å². The Morgan fingerprint density at radius 1 is 1.00 bits per heavy atom. The number of ether oxygens (including phenoxy) is 1. The minimum atomic E-state index is -0.314. The second kappa shape index (κ2) is 6.25. The van der Waals surface area contributed by atoms with E-state index in [-0.39, 0.29) is 11.3 Å². The van der Waals surface area contributed by atoms with E-state index in [4.69, 9.17) is 4.74 Å². The van der Waals surface area contributed by atoms with Crippen molar-refractivity contribution in [2.45, 2.75) is 24.8 Å². The first kappa shape index (κ1) is 15.7. The van der Waals surface area contributed by atoms with Gasteiger partial charge in [0.15, 0.2) is 0 Å². The molecule has 25 heavy (non-hydrogen) atoms. The Kier molecular flexibility index (Phi) is 3.92. The molecule has 3 aromatic rings. The number of fused-ring (bicyclic) bond motifs is 1. The van der Waals surface area contributed by atoms with E-state index >= 15 is 0 Å². The number of carbonyl (C=O) groups is 1. The lowest BCUT2D eigenvalue weighted by atomic mass is 9.95. The molecule has 1 fully saturated rings. The van der Waals surface area contributed by atoms with E-state index in [2.05, 4.69) is 35.6 Å². The van der Waals surface area contributed by atoms with Gasteiger partial charge in [-0.25, -0.2) is 0 Å². The largest absolute Gasteiger partial charge is 0.497 e. The smallest absolute Gasteiger partial charge is 0.230 e. The van der Waals surface area contributed by atoms with Crippen molar-refractivity contribution in [2.24, 2.45) is 0 Å². The maximum atomic E-state index is 12.7. The second-order valence-electron chi connectivity index (χ2n) is 6.68. The fourth-order valence-electron chi connectivity index (χ4n) is 3.39. The first-order chi connectivity index (χ1) is 12.2. The maximum Gasteiger partial charge on any atom is 0.230 e. The van der Waals surface area contributed by atoms with Gasteiger partial charge in [0.2, 0.25) is 5.91 Å². The highest BCUT2D eigenvalue weighted by molar-refractivity contribution is 5.91. The van der Waals surface area contributed by atoms with Crippen molar-refractivity contribution < 1.29 is 9.53 Å². The van der Waals surface area contributed by atoms with E-state index in [0.29, 0.717) is 6.54 Å². The van der Waals surface area contributed by atoms with Crippen molar-refractivity contribution in [3.63, 3.8) is 0 Å². The van der Waals surface area contributed by atoms with Crippen LogP contribution in [-0.2, 0) is 16.8 Å². The summed E-state index contributed by atoms with van der Waals surface area (Å²) in [6.45, 7) is 0.551. The Labute approximate surface area is 147 Å². The van der Waals surface area contributed by atoms with Crippen molar-refractivity contribution in [1.29, 1.82) is 0 Å². The summed E-state index contributed by atoms with van der Waals surface area (Å²) in [4.78, 5) is 12.7. The Balaban J connectivity index is 1.48. The van der Waals surface area contributed by atoms with Gasteiger partial charge in [0, 0.05) is 6.54 Å². The highest BCUT2D eigenvalue weighted by Gasteiger charge is 2.50. The summed E-state index contributed by atoms with van der Waals surface area (Å²) in [6.07, 6.45) is 1.86. The van der Waals surface area contributed by atoms with Crippen LogP contribution in [0.4, 0.5) is 0 Å². The van der Waals surface area contributed by atoms with Gasteiger partial charge in [-0.15, -0.1) is 0 Å². The van der Waals surface area contributed by atoms with Gasteiger partial charge in [-0.1, -0.05) is 48.5 Å². The van der Waals surface area contributed by atoms with E-state index in [1.807, 2.05) is 36.4 Å². The quantitative estimate of drug-likeness (QED) is 0.761. The molecule has 1 aliphatic rings. The molecule has 1 amide bonds. The van der Waals surface area contributed by atoms with Crippen LogP contribution in [0.5, 0.6) is 5.75 Å². The molecule has 0 spiro atoms. The van der Waals surface area contributed by atoms with Gasteiger partial charge < -0.3 is 10.1 Å². The standard InChI is InChI=1S/C22H21NO2/c1-25-20-10-9-17-13-16(7-8-18(17)14-20)15-23-21(24)22(11-12-22)19-5-3-2-4-6-19/h2-10,13-14H,11-12,15H2,1H3,(H,23,24). The van der Waals surface area contributed by atoms with Crippen LogP contribution in [0.1, 0.15) is 24.0 Å². The monoisotopic (exact) mass is 331 g/mol. The van der Waals surface area contributed by atoms with Gasteiger partial charge in [-0.2, -0.15) is 0 Å². The maximum absolute atomic E-state index is 12.7. The second-order valence-corrected chi connectivity index (χ2v) is 6.68. The molecule has 4 rings (SSSR count). The third kappa shape index (κ3) is 2.98. The molecule has 3 aromatic carbocycles. The van der Waals surface area contributed by atoms with Crippen LogP contribution in [0.2, 0.25) is 0 Å². The van der Waals surface area contributed by atoms with Crippen LogP contribution in [0, 0.1) is 0 Å². The molecule has 126 valence electrons. The number of nitrogens with one attached hydrogen (secondary N) is 1. The Bertz CT molecular complexity index is 914. The molecule has 3 nitrogen and oxygen atoms in total. The van der Waals surface area contributed by atoms with Crippen LogP contribution < -0.4 is 10.1 Å². The number of methoxy groups -OCH3 is 1. The first-order valence-corrected chi connectivity index (χ1v) is 8.62. The molecule has 1 N–H and O–H groups in total. The van der Waals surface area contributed by atoms with E-state index in [1.165, 1.54) is 0 Å². The number of hydrogen-bond donors (Lipinski definition) is 1. The van der Waals surface area contributed by atoms with E-state index in [0.717, 1.165) is 40.5 Å². The Morgan fingerprint density at radius 2 is 1.72 bits per heavy atom. The number of hydrogen-bond acceptors (Lipinski definition) is 2. The molecule has 0 atom stereocenters. The zero-order chi connectivity index (χ0) is 17.3.